The number of guanidine groups is 1. The molecule has 1 saturated heterocycles. The number of aromatic amines is 1. The molecule has 53 heavy (non-hydrogen) atoms. The lowest BCUT2D eigenvalue weighted by Crippen LogP contribution is -2.45. The molecule has 1 aliphatic rings. The van der Waals surface area contributed by atoms with Crippen LogP contribution in [0.5, 0.6) is 0 Å². The zero-order chi connectivity index (χ0) is 41.5. The number of ether oxygens (including phenoxy) is 1. The molecule has 0 amide bonds. The first-order valence-corrected chi connectivity index (χ1v) is 16.2. The van der Waals surface area contributed by atoms with E-state index in [2.05, 4.69) is 26.0 Å². The molecule has 0 saturated carbocycles. The number of H-pyrrole nitrogens is 1. The van der Waals surface area contributed by atoms with Gasteiger partial charge in [0.25, 0.3) is 0 Å². The Morgan fingerprint density at radius 3 is 1.83 bits per heavy atom. The number of carboxylic acids is 5. The molecule has 0 unspecified atom stereocenters. The molecular weight excluding hydrogens is 708 g/mol. The molecule has 2 rings (SSSR count). The predicted molar refractivity (Wildman–Crippen MR) is 191 cm³/mol. The number of aliphatic carboxylic acids is 5. The van der Waals surface area contributed by atoms with Crippen molar-refractivity contribution in [2.45, 2.75) is 94.6 Å². The minimum absolute atomic E-state index is 0.0129. The number of unbranched alkanes of at least 4 members (excludes halogenated alkanes) is 1. The van der Waals surface area contributed by atoms with Gasteiger partial charge in [-0.3, -0.25) is 33.8 Å². The maximum atomic E-state index is 11.4. The number of nitrogens with two attached hydrogens (primary N) is 8. The summed E-state index contributed by atoms with van der Waals surface area (Å²) in [5.41, 5.74) is 42.1. The largest absolute Gasteiger partial charge is 0.480 e. The van der Waals surface area contributed by atoms with Crippen LogP contribution >= 0.6 is 0 Å². The van der Waals surface area contributed by atoms with Gasteiger partial charge in [0.2, 0.25) is 0 Å². The average molecular weight is 767 g/mol. The second-order valence-electron chi connectivity index (χ2n) is 11.1. The van der Waals surface area contributed by atoms with Crippen LogP contribution in [0, 0.1) is 0 Å². The van der Waals surface area contributed by atoms with Gasteiger partial charge in [-0.1, -0.05) is 6.42 Å². The van der Waals surface area contributed by atoms with Crippen LogP contribution in [0.2, 0.25) is 0 Å². The summed E-state index contributed by atoms with van der Waals surface area (Å²) >= 11 is 0. The zero-order valence-corrected chi connectivity index (χ0v) is 29.7. The molecule has 1 fully saturated rings. The second kappa shape index (κ2) is 31.7. The van der Waals surface area contributed by atoms with Crippen LogP contribution in [0.15, 0.2) is 17.5 Å². The van der Waals surface area contributed by atoms with E-state index in [0.29, 0.717) is 32.4 Å². The monoisotopic (exact) mass is 766 g/mol. The Labute approximate surface area is 306 Å². The Kier molecular flexibility index (Phi) is 31.4. The maximum Gasteiger partial charge on any atom is 0.324 e. The topological polar surface area (TPSA) is 474 Å². The minimum atomic E-state index is -1.24. The van der Waals surface area contributed by atoms with E-state index in [1.165, 1.54) is 13.3 Å². The molecule has 23 N–H and O–H groups in total. The number of aliphatic imine (C=N–C) groups is 1. The summed E-state index contributed by atoms with van der Waals surface area (Å²) in [6.45, 7) is 2.96. The summed E-state index contributed by atoms with van der Waals surface area (Å²) in [6, 6.07) is -3.94. The Bertz CT molecular complexity index is 1210. The first-order valence-electron chi connectivity index (χ1n) is 16.2. The number of hydrogen-bond donors (Lipinski definition) is 15. The molecule has 0 bridgehead atoms. The molecule has 1 aromatic heterocycles. The molecule has 0 spiro atoms. The van der Waals surface area contributed by atoms with E-state index in [4.69, 9.17) is 70.4 Å². The molecule has 0 radical (unpaired) electrons. The lowest BCUT2D eigenvalue weighted by Gasteiger charge is -2.19. The van der Waals surface area contributed by atoms with Gasteiger partial charge in [-0.15, -0.1) is 0 Å². The number of imidazole rings is 1. The third-order valence-electron chi connectivity index (χ3n) is 6.49. The smallest absolute Gasteiger partial charge is 0.324 e. The van der Waals surface area contributed by atoms with E-state index in [1.54, 1.807) is 6.20 Å². The highest BCUT2D eigenvalue weighted by Crippen LogP contribution is 2.05. The summed E-state index contributed by atoms with van der Waals surface area (Å²) in [4.78, 5) is 72.0. The highest BCUT2D eigenvalue weighted by atomic mass is 16.5. The number of esters is 1. The third kappa shape index (κ3) is 31.5. The standard InChI is InChI=1S/C10H21N3O4.C6H14N4O2.C6H9N3O2.C5H9NO2.C2H5NO2/c1-6(8(13)9(14)15)17-10(16)7(12)4-2-3-5-11;7-4(5(11)12)2-1-3-10-6(8)9;7-5(6(10)11)1-4-2-8-3-9-4;7-5(8)4-2-1-3-6-4;3-1-2(4)5/h6-8H,2-5,11-13H2,1H3,(H,14,15);4H,1-3,7H2,(H,11,12)(H4,8,9,10);2-3,5H,1,7H2,(H,8,9)(H,10,11);4,6H,1-3H2,(H,7,8);1,3H2,(H,4,5)/t6-,7+,8+;4-;5-;4-;/m1000./s1. The third-order valence-corrected chi connectivity index (χ3v) is 6.49. The van der Waals surface area contributed by atoms with Crippen LogP contribution in [-0.2, 0) is 39.9 Å². The summed E-state index contributed by atoms with van der Waals surface area (Å²) < 4.78 is 4.86. The summed E-state index contributed by atoms with van der Waals surface area (Å²) in [5.74, 6) is -5.53. The SMILES string of the molecule is C[C@@H](OC(=O)[C@@H](N)CCCCN)[C@H](N)C(=O)O.NC(N)=NCCC[C@H](N)C(=O)O.NCC(=O)O.N[C@@H](Cc1cnc[nH]1)C(=O)O.O=C(O)[C@@H]1CCCN1. The lowest BCUT2D eigenvalue weighted by molar-refractivity contribution is -0.155. The molecule has 24 heteroatoms. The molecule has 0 aromatic carbocycles. The molecular formula is C29H58N12O12. The van der Waals surface area contributed by atoms with Crippen LogP contribution in [-0.4, -0.2) is 140 Å². The maximum absolute atomic E-state index is 11.4. The number of carboxylic acid groups (broad SMARTS) is 5. The molecule has 24 nitrogen and oxygen atoms in total. The fourth-order valence-electron chi connectivity index (χ4n) is 3.43. The molecule has 0 aliphatic carbocycles. The normalized spacial score (nSPS) is 15.5. The summed E-state index contributed by atoms with van der Waals surface area (Å²) in [5, 5.41) is 44.2. The van der Waals surface area contributed by atoms with Crippen molar-refractivity contribution < 1.29 is 59.0 Å². The van der Waals surface area contributed by atoms with Crippen LogP contribution < -0.4 is 51.2 Å². The molecule has 1 aliphatic heterocycles. The number of nitrogens with one attached hydrogen (secondary N) is 2. The Balaban J connectivity index is -0.000000618. The molecule has 306 valence electrons. The fraction of sp³-hybridized carbons (Fsp3) is 0.655. The van der Waals surface area contributed by atoms with Crippen LogP contribution in [0.1, 0.15) is 57.6 Å². The van der Waals surface area contributed by atoms with Gasteiger partial charge >= 0.3 is 35.8 Å². The van der Waals surface area contributed by atoms with Crippen molar-refractivity contribution in [2.24, 2.45) is 50.9 Å². The van der Waals surface area contributed by atoms with Gasteiger partial charge in [0.15, 0.2) is 5.96 Å². The van der Waals surface area contributed by atoms with Crippen molar-refractivity contribution in [1.82, 2.24) is 15.3 Å². The van der Waals surface area contributed by atoms with Gasteiger partial charge in [-0.25, -0.2) is 4.98 Å². The molecule has 6 atom stereocenters. The molecule has 2 heterocycles. The first-order chi connectivity index (χ1) is 24.7. The van der Waals surface area contributed by atoms with E-state index >= 15 is 0 Å². The Hall–Kier alpha value is -4.98. The van der Waals surface area contributed by atoms with Crippen molar-refractivity contribution in [3.63, 3.8) is 0 Å². The number of carbonyl (C=O) groups excluding carboxylic acids is 1. The minimum Gasteiger partial charge on any atom is -0.480 e. The van der Waals surface area contributed by atoms with Gasteiger partial charge in [-0.2, -0.15) is 0 Å². The van der Waals surface area contributed by atoms with Gasteiger partial charge in [0.1, 0.15) is 36.3 Å². The lowest BCUT2D eigenvalue weighted by atomic mass is 10.1. The van der Waals surface area contributed by atoms with Gasteiger partial charge in [0, 0.05) is 24.9 Å². The van der Waals surface area contributed by atoms with E-state index in [-0.39, 0.29) is 25.0 Å². The van der Waals surface area contributed by atoms with Crippen molar-refractivity contribution in [2.75, 3.05) is 26.2 Å². The quantitative estimate of drug-likeness (QED) is 0.0289. The van der Waals surface area contributed by atoms with Crippen LogP contribution in [0.3, 0.4) is 0 Å². The van der Waals surface area contributed by atoms with E-state index in [1.807, 2.05) is 0 Å². The van der Waals surface area contributed by atoms with Crippen molar-refractivity contribution in [3.05, 3.63) is 18.2 Å². The molecule has 1 aromatic rings. The van der Waals surface area contributed by atoms with Crippen molar-refractivity contribution >= 4 is 41.8 Å². The Morgan fingerprint density at radius 1 is 0.887 bits per heavy atom. The fourth-order valence-corrected chi connectivity index (χ4v) is 3.43. The zero-order valence-electron chi connectivity index (χ0n) is 29.7. The number of hydrogen-bond acceptors (Lipinski definition) is 16. The van der Waals surface area contributed by atoms with Crippen molar-refractivity contribution in [1.29, 1.82) is 0 Å². The second-order valence-corrected chi connectivity index (χ2v) is 11.1. The Morgan fingerprint density at radius 2 is 1.45 bits per heavy atom. The van der Waals surface area contributed by atoms with Gasteiger partial charge < -0.3 is 86.4 Å². The average Bonchev–Trinajstić information content (AvgIpc) is 3.82. The number of carbonyl (C=O) groups is 6. The van der Waals surface area contributed by atoms with Crippen LogP contribution in [0.4, 0.5) is 0 Å². The van der Waals surface area contributed by atoms with Gasteiger partial charge in [0.05, 0.1) is 12.9 Å². The number of nitrogens with zero attached hydrogens (tertiary/aromatic N) is 2. The summed E-state index contributed by atoms with van der Waals surface area (Å²) in [6.07, 6.45) is 7.15. The number of aromatic nitrogens is 2. The first kappa shape index (κ1) is 52.4. The number of rotatable bonds is 18. The van der Waals surface area contributed by atoms with Gasteiger partial charge in [-0.05, 0) is 58.5 Å². The van der Waals surface area contributed by atoms with E-state index < -0.39 is 66.1 Å². The highest BCUT2D eigenvalue weighted by Gasteiger charge is 2.26. The summed E-state index contributed by atoms with van der Waals surface area (Å²) in [7, 11) is 0. The van der Waals surface area contributed by atoms with Crippen LogP contribution in [0.25, 0.3) is 0 Å². The predicted octanol–water partition coefficient (Wildman–Crippen LogP) is -4.55. The van der Waals surface area contributed by atoms with E-state index in [0.717, 1.165) is 37.9 Å². The highest BCUT2D eigenvalue weighted by molar-refractivity contribution is 5.78. The van der Waals surface area contributed by atoms with E-state index in [9.17, 15) is 28.8 Å². The van der Waals surface area contributed by atoms with Crippen molar-refractivity contribution in [3.8, 4) is 0 Å².